The van der Waals surface area contributed by atoms with Gasteiger partial charge in [-0.05, 0) is 26.8 Å². The molecule has 0 aromatic carbocycles. The van der Waals surface area contributed by atoms with E-state index in [0.29, 0.717) is 5.56 Å². The molecule has 1 aromatic rings. The number of allylic oxidation sites excluding steroid dienone is 1. The average molecular weight is 208 g/mol. The van der Waals surface area contributed by atoms with E-state index in [9.17, 15) is 4.79 Å². The number of aromatic nitrogens is 2. The van der Waals surface area contributed by atoms with Gasteiger partial charge in [-0.1, -0.05) is 5.57 Å². The second-order valence-electron chi connectivity index (χ2n) is 3.76. The summed E-state index contributed by atoms with van der Waals surface area (Å²) in [5, 5.41) is 3.91. The molecule has 4 nitrogen and oxygen atoms in total. The molecule has 0 aliphatic heterocycles. The van der Waals surface area contributed by atoms with Crippen LogP contribution < -0.4 is 0 Å². The first-order valence-corrected chi connectivity index (χ1v) is 4.83. The van der Waals surface area contributed by atoms with Crippen LogP contribution in [0, 0.1) is 0 Å². The lowest BCUT2D eigenvalue weighted by molar-refractivity contribution is 0.0423. The lowest BCUT2D eigenvalue weighted by Gasteiger charge is -2.08. The molecule has 0 aliphatic carbocycles. The number of ether oxygens (including phenoxy) is 1. The van der Waals surface area contributed by atoms with E-state index in [1.165, 1.54) is 6.20 Å². The first kappa shape index (κ1) is 11.5. The van der Waals surface area contributed by atoms with Crippen LogP contribution in [-0.2, 0) is 11.8 Å². The molecule has 1 aromatic heterocycles. The molecule has 0 saturated heterocycles. The van der Waals surface area contributed by atoms with Crippen molar-refractivity contribution in [2.24, 2.45) is 7.05 Å². The van der Waals surface area contributed by atoms with Gasteiger partial charge in [-0.25, -0.2) is 4.79 Å². The minimum absolute atomic E-state index is 0.206. The molecule has 1 atom stereocenters. The predicted molar refractivity (Wildman–Crippen MR) is 57.5 cm³/mol. The second-order valence-corrected chi connectivity index (χ2v) is 3.76. The van der Waals surface area contributed by atoms with Crippen LogP contribution in [0.3, 0.4) is 0 Å². The van der Waals surface area contributed by atoms with Gasteiger partial charge in [0.05, 0.1) is 11.8 Å². The van der Waals surface area contributed by atoms with Crippen LogP contribution in [0.25, 0.3) is 0 Å². The molecule has 1 rings (SSSR count). The van der Waals surface area contributed by atoms with Gasteiger partial charge in [0.1, 0.15) is 6.10 Å². The Kier molecular flexibility index (Phi) is 3.66. The summed E-state index contributed by atoms with van der Waals surface area (Å²) in [5.74, 6) is -0.340. The number of nitrogens with zero attached hydrogens (tertiary/aromatic N) is 2. The Morgan fingerprint density at radius 2 is 2.27 bits per heavy atom. The maximum atomic E-state index is 11.5. The summed E-state index contributed by atoms with van der Waals surface area (Å²) in [6, 6.07) is 0. The molecule has 0 fully saturated rings. The Balaban J connectivity index is 2.60. The first-order chi connectivity index (χ1) is 6.99. The van der Waals surface area contributed by atoms with Crippen molar-refractivity contribution in [2.45, 2.75) is 26.9 Å². The van der Waals surface area contributed by atoms with Crippen LogP contribution in [0.15, 0.2) is 24.0 Å². The van der Waals surface area contributed by atoms with Crippen LogP contribution >= 0.6 is 0 Å². The maximum absolute atomic E-state index is 11.5. The van der Waals surface area contributed by atoms with Crippen molar-refractivity contribution in [1.82, 2.24) is 9.78 Å². The molecule has 0 amide bonds. The Morgan fingerprint density at radius 1 is 1.60 bits per heavy atom. The summed E-state index contributed by atoms with van der Waals surface area (Å²) >= 11 is 0. The number of rotatable bonds is 3. The molecule has 0 bridgehead atoms. The number of carbonyl (C=O) groups is 1. The smallest absolute Gasteiger partial charge is 0.341 e. The highest BCUT2D eigenvalue weighted by Crippen LogP contribution is 2.05. The molecular formula is C11H16N2O2. The first-order valence-electron chi connectivity index (χ1n) is 4.83. The molecule has 0 unspecified atom stereocenters. The monoisotopic (exact) mass is 208 g/mol. The van der Waals surface area contributed by atoms with E-state index in [2.05, 4.69) is 5.10 Å². The van der Waals surface area contributed by atoms with Crippen LogP contribution in [0.1, 0.15) is 31.1 Å². The minimum Gasteiger partial charge on any atom is -0.455 e. The topological polar surface area (TPSA) is 44.1 Å². The van der Waals surface area contributed by atoms with Crippen molar-refractivity contribution in [1.29, 1.82) is 0 Å². The molecular weight excluding hydrogens is 192 g/mol. The second kappa shape index (κ2) is 4.77. The van der Waals surface area contributed by atoms with E-state index >= 15 is 0 Å². The SMILES string of the molecule is CC(C)=C[C@H](C)OC(=O)c1cnn(C)c1. The zero-order chi connectivity index (χ0) is 11.4. The Bertz CT molecular complexity index is 376. The number of hydrogen-bond donors (Lipinski definition) is 0. The molecule has 0 aliphatic rings. The fourth-order valence-corrected chi connectivity index (χ4v) is 1.27. The quantitative estimate of drug-likeness (QED) is 0.563. The molecule has 15 heavy (non-hydrogen) atoms. The number of aryl methyl sites for hydroxylation is 1. The van der Waals surface area contributed by atoms with Gasteiger partial charge in [0, 0.05) is 13.2 Å². The van der Waals surface area contributed by atoms with Crippen molar-refractivity contribution in [3.63, 3.8) is 0 Å². The maximum Gasteiger partial charge on any atom is 0.341 e. The van der Waals surface area contributed by atoms with Gasteiger partial charge < -0.3 is 4.74 Å². The zero-order valence-corrected chi connectivity index (χ0v) is 9.52. The van der Waals surface area contributed by atoms with Crippen molar-refractivity contribution >= 4 is 5.97 Å². The summed E-state index contributed by atoms with van der Waals surface area (Å²) in [7, 11) is 1.76. The lowest BCUT2D eigenvalue weighted by Crippen LogP contribution is -2.12. The largest absolute Gasteiger partial charge is 0.455 e. The summed E-state index contributed by atoms with van der Waals surface area (Å²) in [5.41, 5.74) is 1.60. The van der Waals surface area contributed by atoms with Gasteiger partial charge in [-0.3, -0.25) is 4.68 Å². The van der Waals surface area contributed by atoms with Gasteiger partial charge in [-0.15, -0.1) is 0 Å². The third kappa shape index (κ3) is 3.58. The summed E-state index contributed by atoms with van der Waals surface area (Å²) < 4.78 is 6.76. The molecule has 0 spiro atoms. The highest BCUT2D eigenvalue weighted by molar-refractivity contribution is 5.88. The van der Waals surface area contributed by atoms with Gasteiger partial charge in [0.25, 0.3) is 0 Å². The highest BCUT2D eigenvalue weighted by Gasteiger charge is 2.11. The van der Waals surface area contributed by atoms with Crippen molar-refractivity contribution in [2.75, 3.05) is 0 Å². The molecule has 82 valence electrons. The van der Waals surface area contributed by atoms with E-state index in [-0.39, 0.29) is 12.1 Å². The molecule has 0 radical (unpaired) electrons. The fraction of sp³-hybridized carbons (Fsp3) is 0.455. The summed E-state index contributed by atoms with van der Waals surface area (Å²) in [4.78, 5) is 11.5. The summed E-state index contributed by atoms with van der Waals surface area (Å²) in [6.07, 6.45) is 4.83. The van der Waals surface area contributed by atoms with E-state index < -0.39 is 0 Å². The van der Waals surface area contributed by atoms with Crippen molar-refractivity contribution in [3.05, 3.63) is 29.6 Å². The predicted octanol–water partition coefficient (Wildman–Crippen LogP) is 1.93. The van der Waals surface area contributed by atoms with Gasteiger partial charge in [0.15, 0.2) is 0 Å². The van der Waals surface area contributed by atoms with Crippen LogP contribution in [0.4, 0.5) is 0 Å². The van der Waals surface area contributed by atoms with E-state index in [1.54, 1.807) is 17.9 Å². The number of carbonyl (C=O) groups excluding carboxylic acids is 1. The number of hydrogen-bond acceptors (Lipinski definition) is 3. The minimum atomic E-state index is -0.340. The van der Waals surface area contributed by atoms with E-state index in [0.717, 1.165) is 5.57 Å². The summed E-state index contributed by atoms with van der Waals surface area (Å²) in [6.45, 7) is 5.77. The Morgan fingerprint density at radius 3 is 2.73 bits per heavy atom. The van der Waals surface area contributed by atoms with Gasteiger partial charge in [-0.2, -0.15) is 5.10 Å². The molecule has 1 heterocycles. The van der Waals surface area contributed by atoms with E-state index in [4.69, 9.17) is 4.74 Å². The van der Waals surface area contributed by atoms with Gasteiger partial charge in [0.2, 0.25) is 0 Å². The normalized spacial score (nSPS) is 12.0. The van der Waals surface area contributed by atoms with Crippen molar-refractivity contribution < 1.29 is 9.53 Å². The Labute approximate surface area is 89.5 Å². The standard InChI is InChI=1S/C11H16N2O2/c1-8(2)5-9(3)15-11(14)10-6-12-13(4)7-10/h5-7,9H,1-4H3/t9-/m0/s1. The van der Waals surface area contributed by atoms with Crippen LogP contribution in [0.2, 0.25) is 0 Å². The van der Waals surface area contributed by atoms with E-state index in [1.807, 2.05) is 26.8 Å². The van der Waals surface area contributed by atoms with Crippen molar-refractivity contribution in [3.8, 4) is 0 Å². The molecule has 4 heteroatoms. The highest BCUT2D eigenvalue weighted by atomic mass is 16.5. The Hall–Kier alpha value is -1.58. The third-order valence-corrected chi connectivity index (χ3v) is 1.80. The average Bonchev–Trinajstić information content (AvgIpc) is 2.49. The fourth-order valence-electron chi connectivity index (χ4n) is 1.27. The lowest BCUT2D eigenvalue weighted by atomic mass is 10.2. The molecule has 0 N–H and O–H groups in total. The van der Waals surface area contributed by atoms with Gasteiger partial charge >= 0.3 is 5.97 Å². The third-order valence-electron chi connectivity index (χ3n) is 1.80. The number of esters is 1. The van der Waals surface area contributed by atoms with Crippen LogP contribution in [0.5, 0.6) is 0 Å². The molecule has 0 saturated carbocycles. The zero-order valence-electron chi connectivity index (χ0n) is 9.52. The van der Waals surface area contributed by atoms with Crippen LogP contribution in [-0.4, -0.2) is 21.9 Å².